The summed E-state index contributed by atoms with van der Waals surface area (Å²) >= 11 is 0. The van der Waals surface area contributed by atoms with Gasteiger partial charge in [-0.2, -0.15) is 10.5 Å². The van der Waals surface area contributed by atoms with Crippen molar-refractivity contribution in [2.45, 2.75) is 70.4 Å². The van der Waals surface area contributed by atoms with Crippen molar-refractivity contribution >= 4 is 81.5 Å². The summed E-state index contributed by atoms with van der Waals surface area (Å²) in [4.78, 5) is 70.8. The third-order valence-corrected chi connectivity index (χ3v) is 26.4. The van der Waals surface area contributed by atoms with E-state index in [0.717, 1.165) is 260 Å². The van der Waals surface area contributed by atoms with Crippen LogP contribution in [-0.2, 0) is 45.3 Å². The van der Waals surface area contributed by atoms with Crippen LogP contribution in [-0.4, -0.2) is 181 Å². The number of nitrogens with one attached hydrogen (secondary N) is 4. The van der Waals surface area contributed by atoms with Crippen LogP contribution in [0.3, 0.4) is 0 Å². The lowest BCUT2D eigenvalue weighted by Gasteiger charge is -2.38. The highest BCUT2D eigenvalue weighted by atomic mass is 19.4. The van der Waals surface area contributed by atoms with E-state index in [0.29, 0.717) is 60.2 Å². The maximum absolute atomic E-state index is 13.1. The van der Waals surface area contributed by atoms with Crippen molar-refractivity contribution in [3.05, 3.63) is 387 Å². The molecule has 4 aliphatic heterocycles. The van der Waals surface area contributed by atoms with E-state index >= 15 is 0 Å². The molecule has 1 amide bonds. The molecule has 714 valence electrons. The maximum atomic E-state index is 13.1. The SMILES string of the molecule is C=C(NCc1ccc(F)cc1)N1CCN(c2ncnc3c2C=C(c2ccc(C#N)cc2)C3)CC1.C=C(NCc1ccc(F)cc1)N1CCN(c2ncnc3c2C=C(c2cccc(C#N)c2)C3)CC1.C=C(NCc1ccc(F)cc1)N1CCN(c2ncnc3c2C=C(c2cccc(C(N)=O)c2)C3)CC1.C=C(Nc1ccc(OC(F)(F)F)cc1)N1CCN(c2ncnc3c2C=C(c2ccc(C4CC4)nc2)C3)CC1. The number of primary amides is 1. The largest absolute Gasteiger partial charge is 0.573 e. The molecule has 5 fully saturated rings. The fourth-order valence-corrected chi connectivity index (χ4v) is 18.3. The van der Waals surface area contributed by atoms with Gasteiger partial charge in [0.1, 0.15) is 71.8 Å². The number of hydrogen-bond acceptors (Lipinski definition) is 25. The van der Waals surface area contributed by atoms with Gasteiger partial charge >= 0.3 is 6.36 Å². The summed E-state index contributed by atoms with van der Waals surface area (Å²) in [6, 6.07) is 56.6. The van der Waals surface area contributed by atoms with E-state index in [-0.39, 0.29) is 23.2 Å². The molecule has 32 heteroatoms. The number of rotatable bonds is 26. The number of amides is 1. The lowest BCUT2D eigenvalue weighted by Crippen LogP contribution is -2.48. The van der Waals surface area contributed by atoms with Crippen LogP contribution in [0.4, 0.5) is 55.3 Å². The van der Waals surface area contributed by atoms with E-state index in [1.54, 1.807) is 67.8 Å². The van der Waals surface area contributed by atoms with E-state index in [1.165, 1.54) is 90.3 Å². The van der Waals surface area contributed by atoms with E-state index in [2.05, 4.69) is 185 Å². The second kappa shape index (κ2) is 43.0. The molecule has 0 unspecified atom stereocenters. The predicted octanol–water partition coefficient (Wildman–Crippen LogP) is 16.6. The van der Waals surface area contributed by atoms with Gasteiger partial charge in [-0.15, -0.1) is 13.2 Å². The average molecular weight is 1900 g/mol. The summed E-state index contributed by atoms with van der Waals surface area (Å²) in [5, 5.41) is 31.5. The van der Waals surface area contributed by atoms with Crippen LogP contribution in [0.2, 0.25) is 0 Å². The van der Waals surface area contributed by atoms with Gasteiger partial charge in [-0.3, -0.25) is 9.78 Å². The Morgan fingerprint density at radius 3 is 1.11 bits per heavy atom. The molecule has 141 heavy (non-hydrogen) atoms. The lowest BCUT2D eigenvalue weighted by molar-refractivity contribution is -0.274. The van der Waals surface area contributed by atoms with Gasteiger partial charge in [-0.1, -0.05) is 105 Å². The molecule has 5 aliphatic carbocycles. The molecule has 4 saturated heterocycles. The Hall–Kier alpha value is -16.6. The Morgan fingerprint density at radius 2 is 0.752 bits per heavy atom. The number of benzene rings is 7. The molecule has 9 heterocycles. The van der Waals surface area contributed by atoms with Gasteiger partial charge in [0, 0.05) is 201 Å². The first-order chi connectivity index (χ1) is 68.5. The number of fused-ring (bicyclic) bond motifs is 4. The number of halogens is 6. The van der Waals surface area contributed by atoms with E-state index < -0.39 is 12.3 Å². The Bertz CT molecular complexity index is 6850. The van der Waals surface area contributed by atoms with Gasteiger partial charge in [0.05, 0.1) is 69.3 Å². The third-order valence-electron chi connectivity index (χ3n) is 26.4. The number of carbonyl (C=O) groups excluding carboxylic acids is 1. The van der Waals surface area contributed by atoms with Crippen molar-refractivity contribution in [1.82, 2.24) is 80.4 Å². The Balaban J connectivity index is 0.000000124. The molecular formula is C109H104F6N24O2. The Morgan fingerprint density at radius 1 is 0.397 bits per heavy atom. The van der Waals surface area contributed by atoms with Crippen LogP contribution in [0.25, 0.3) is 46.6 Å². The van der Waals surface area contributed by atoms with Crippen molar-refractivity contribution in [2.75, 3.05) is 130 Å². The minimum Gasteiger partial charge on any atom is -0.406 e. The van der Waals surface area contributed by atoms with Gasteiger partial charge in [0.25, 0.3) is 0 Å². The quantitative estimate of drug-likeness (QED) is 0.0315. The number of nitrogens with two attached hydrogens (primary N) is 1. The van der Waals surface area contributed by atoms with Crippen LogP contribution >= 0.6 is 0 Å². The fourth-order valence-electron chi connectivity index (χ4n) is 18.3. The molecule has 0 bridgehead atoms. The third kappa shape index (κ3) is 23.4. The highest BCUT2D eigenvalue weighted by molar-refractivity contribution is 5.97. The number of piperazine rings is 4. The van der Waals surface area contributed by atoms with Crippen LogP contribution in [0, 0.1) is 40.1 Å². The summed E-state index contributed by atoms with van der Waals surface area (Å²) in [5.41, 5.74) is 29.4. The topological polar surface area (TPSA) is 290 Å². The molecule has 6 N–H and O–H groups in total. The number of alkyl halides is 3. The first-order valence-corrected chi connectivity index (χ1v) is 46.9. The molecule has 0 radical (unpaired) electrons. The van der Waals surface area contributed by atoms with E-state index in [1.807, 2.05) is 72.9 Å². The van der Waals surface area contributed by atoms with Crippen LogP contribution < -0.4 is 51.3 Å². The van der Waals surface area contributed by atoms with Crippen molar-refractivity contribution in [3.8, 4) is 17.9 Å². The Kier molecular flexibility index (Phi) is 28.9. The molecule has 1 saturated carbocycles. The minimum atomic E-state index is -4.71. The first kappa shape index (κ1) is 94.7. The zero-order valence-electron chi connectivity index (χ0n) is 77.8. The predicted molar refractivity (Wildman–Crippen MR) is 536 cm³/mol. The summed E-state index contributed by atoms with van der Waals surface area (Å²) in [6.45, 7) is 31.3. The van der Waals surface area contributed by atoms with Crippen LogP contribution in [0.5, 0.6) is 5.75 Å². The molecule has 9 aliphatic rings. The average Bonchev–Trinajstić information content (AvgIpc) is 1.55. The number of nitriles is 2. The molecule has 26 nitrogen and oxygen atoms in total. The Labute approximate surface area is 814 Å². The first-order valence-electron chi connectivity index (χ1n) is 46.9. The summed E-state index contributed by atoms with van der Waals surface area (Å²) in [6.07, 6.45) is 17.9. The molecule has 7 aromatic carbocycles. The standard InChI is InChI=1S/C28H27F3N6O.C27H27FN6O.2C27H25FN6/c1-18(35-22-5-7-23(8-6-22)38-28(29,30)31)36-10-12-37(13-11-36)27-24-14-21(15-26(24)33-17-34-27)20-4-9-25(32-16-20)19-2-3-19;1-18(30-16-19-5-7-23(28)8-6-19)33-9-11-34(12-10-33)27-24-14-22(15-25(24)31-17-32-27)20-3-2-4-21(13-20)26(29)35;1-19(30-17-21-4-8-24(28)9-5-21)33-10-12-34(13-11-33)27-25-14-23(15-26(25)31-18-32-27)22-6-2-20(16-29)3-7-22;1-19(30-17-20-5-7-24(28)8-6-20)33-9-11-34(12-10-33)27-25-14-23(15-26(25)31-18-32-27)22-4-2-3-21(13-22)16-29/h4-9,14,16-17,19,35H,1-3,10-13,15H2;2-8,13-14,17,30H,1,9-12,15-16H2,(H2,29,35);2-9,14,18,30H,1,10-13,15,17H2;2-8,13-14,18,30H,1,9-12,15,17H2. The number of nitrogens with zero attached hydrogens (tertiary/aromatic N) is 19. The molecular weight excluding hydrogens is 1790 g/mol. The number of pyridine rings is 1. The van der Waals surface area contributed by atoms with Gasteiger partial charge in [-0.25, -0.2) is 53.0 Å². The molecule has 0 spiro atoms. The number of anilines is 5. The highest BCUT2D eigenvalue weighted by Crippen LogP contribution is 2.43. The summed E-state index contributed by atoms with van der Waals surface area (Å²) < 4.78 is 80.4. The number of allylic oxidation sites excluding steroid dienone is 4. The monoisotopic (exact) mass is 1890 g/mol. The highest BCUT2D eigenvalue weighted by Gasteiger charge is 2.35. The van der Waals surface area contributed by atoms with Gasteiger partial charge in [0.15, 0.2) is 0 Å². The molecule has 12 aromatic rings. The fraction of sp³-hybridized carbons (Fsp3) is 0.248. The zero-order chi connectivity index (χ0) is 97.6. The second-order valence-electron chi connectivity index (χ2n) is 35.5. The van der Waals surface area contributed by atoms with Crippen molar-refractivity contribution < 1.29 is 35.9 Å². The lowest BCUT2D eigenvalue weighted by atomic mass is 10.0. The number of aromatic nitrogens is 9. The molecule has 0 atom stereocenters. The zero-order valence-corrected chi connectivity index (χ0v) is 77.8. The van der Waals surface area contributed by atoms with Crippen molar-refractivity contribution in [1.29, 1.82) is 10.5 Å². The normalized spacial score (nSPS) is 15.5. The summed E-state index contributed by atoms with van der Waals surface area (Å²) in [7, 11) is 0. The van der Waals surface area contributed by atoms with E-state index in [4.69, 9.17) is 11.0 Å². The van der Waals surface area contributed by atoms with Crippen molar-refractivity contribution in [2.24, 2.45) is 5.73 Å². The number of hydrogen-bond donors (Lipinski definition) is 5. The van der Waals surface area contributed by atoms with Crippen molar-refractivity contribution in [3.63, 3.8) is 0 Å². The van der Waals surface area contributed by atoms with Gasteiger partial charge < -0.3 is 70.9 Å². The van der Waals surface area contributed by atoms with Gasteiger partial charge in [0.2, 0.25) is 5.91 Å². The number of carbonyl (C=O) groups is 1. The summed E-state index contributed by atoms with van der Waals surface area (Å²) in [5.74, 6) is 6.34. The molecule has 21 rings (SSSR count). The number of ether oxygens (including phenoxy) is 1. The van der Waals surface area contributed by atoms with E-state index in [9.17, 15) is 36.4 Å². The minimum absolute atomic E-state index is 0.228. The van der Waals surface area contributed by atoms with Gasteiger partial charge in [-0.05, 0) is 202 Å². The smallest absolute Gasteiger partial charge is 0.406 e. The van der Waals surface area contributed by atoms with Crippen LogP contribution in [0.15, 0.2) is 263 Å². The maximum Gasteiger partial charge on any atom is 0.573 e. The van der Waals surface area contributed by atoms with Crippen LogP contribution in [0.1, 0.15) is 130 Å². The molecule has 5 aromatic heterocycles. The second-order valence-corrected chi connectivity index (χ2v) is 35.5.